The van der Waals surface area contributed by atoms with Crippen LogP contribution in [0.1, 0.15) is 16.9 Å². The average Bonchev–Trinajstić information content (AvgIpc) is 2.76. The third kappa shape index (κ3) is 4.85. The van der Waals surface area contributed by atoms with Crippen LogP contribution in [0.15, 0.2) is 16.9 Å². The second kappa shape index (κ2) is 7.30. The van der Waals surface area contributed by atoms with Crippen molar-refractivity contribution in [2.45, 2.75) is 6.42 Å². The Kier molecular flexibility index (Phi) is 5.87. The number of nitrogens with zero attached hydrogens (tertiary/aromatic N) is 1. The van der Waals surface area contributed by atoms with Gasteiger partial charge in [0.15, 0.2) is 5.69 Å². The molecular weight excluding hydrogens is 216 g/mol. The van der Waals surface area contributed by atoms with Crippen molar-refractivity contribution < 1.29 is 14.4 Å². The van der Waals surface area contributed by atoms with E-state index in [-0.39, 0.29) is 12.5 Å². The maximum Gasteiger partial charge on any atom is 0.273 e. The molecule has 0 fully saturated rings. The van der Waals surface area contributed by atoms with E-state index in [1.807, 2.05) is 0 Å². The van der Waals surface area contributed by atoms with E-state index in [4.69, 9.17) is 5.11 Å². The standard InChI is InChI=1S/C9H14N2O3S/c12-4-1-6-15-7-3-10-9(13)8-2-5-14-11-8/h2,5,12H,1,3-4,6-7H2,(H,10,13). The lowest BCUT2D eigenvalue weighted by Crippen LogP contribution is -2.26. The van der Waals surface area contributed by atoms with Gasteiger partial charge in [-0.2, -0.15) is 11.8 Å². The molecule has 1 rings (SSSR count). The molecule has 0 aliphatic carbocycles. The molecule has 0 atom stereocenters. The highest BCUT2D eigenvalue weighted by Gasteiger charge is 2.06. The van der Waals surface area contributed by atoms with Crippen LogP contribution < -0.4 is 5.32 Å². The Bertz CT molecular complexity index is 277. The van der Waals surface area contributed by atoms with Gasteiger partial charge in [-0.25, -0.2) is 0 Å². The van der Waals surface area contributed by atoms with Crippen LogP contribution in [-0.4, -0.2) is 40.8 Å². The number of nitrogens with one attached hydrogen (secondary N) is 1. The fourth-order valence-corrected chi connectivity index (χ4v) is 1.71. The van der Waals surface area contributed by atoms with Crippen LogP contribution in [0.4, 0.5) is 0 Å². The third-order valence-corrected chi connectivity index (χ3v) is 2.72. The summed E-state index contributed by atoms with van der Waals surface area (Å²) in [5.41, 5.74) is 0.301. The van der Waals surface area contributed by atoms with Gasteiger partial charge in [-0.1, -0.05) is 5.16 Å². The van der Waals surface area contributed by atoms with E-state index in [0.717, 1.165) is 17.9 Å². The Morgan fingerprint density at radius 3 is 3.13 bits per heavy atom. The Hall–Kier alpha value is -1.01. The van der Waals surface area contributed by atoms with Gasteiger partial charge in [0.25, 0.3) is 5.91 Å². The van der Waals surface area contributed by atoms with Gasteiger partial charge in [-0.3, -0.25) is 4.79 Å². The lowest BCUT2D eigenvalue weighted by Gasteiger charge is -2.02. The molecule has 84 valence electrons. The predicted octanol–water partition coefficient (Wildman–Crippen LogP) is 0.520. The molecule has 0 aliphatic rings. The van der Waals surface area contributed by atoms with Crippen LogP contribution in [-0.2, 0) is 0 Å². The van der Waals surface area contributed by atoms with Gasteiger partial charge < -0.3 is 14.9 Å². The molecule has 1 heterocycles. The summed E-state index contributed by atoms with van der Waals surface area (Å²) in [7, 11) is 0. The molecule has 0 radical (unpaired) electrons. The number of carbonyl (C=O) groups excluding carboxylic acids is 1. The van der Waals surface area contributed by atoms with Crippen LogP contribution >= 0.6 is 11.8 Å². The van der Waals surface area contributed by atoms with Crippen molar-refractivity contribution in [2.24, 2.45) is 0 Å². The summed E-state index contributed by atoms with van der Waals surface area (Å²) < 4.78 is 4.55. The second-order valence-electron chi connectivity index (χ2n) is 2.83. The number of rotatable bonds is 7. The van der Waals surface area contributed by atoms with E-state index < -0.39 is 0 Å². The lowest BCUT2D eigenvalue weighted by molar-refractivity contribution is 0.0947. The fourth-order valence-electron chi connectivity index (χ4n) is 0.926. The quantitative estimate of drug-likeness (QED) is 0.668. The van der Waals surface area contributed by atoms with Crippen LogP contribution in [0.3, 0.4) is 0 Å². The summed E-state index contributed by atoms with van der Waals surface area (Å²) >= 11 is 1.70. The maximum absolute atomic E-state index is 11.3. The minimum absolute atomic E-state index is 0.216. The number of aliphatic hydroxyl groups excluding tert-OH is 1. The molecular formula is C9H14N2O3S. The lowest BCUT2D eigenvalue weighted by atomic mass is 10.4. The Balaban J connectivity index is 2.03. The Morgan fingerprint density at radius 2 is 2.47 bits per heavy atom. The van der Waals surface area contributed by atoms with Gasteiger partial charge in [0.2, 0.25) is 0 Å². The van der Waals surface area contributed by atoms with Crippen LogP contribution in [0.25, 0.3) is 0 Å². The Labute approximate surface area is 92.2 Å². The third-order valence-electron chi connectivity index (χ3n) is 1.65. The van der Waals surface area contributed by atoms with E-state index in [1.165, 1.54) is 12.3 Å². The number of carbonyl (C=O) groups is 1. The Morgan fingerprint density at radius 1 is 1.60 bits per heavy atom. The number of thioether (sulfide) groups is 1. The number of hydrogen-bond donors (Lipinski definition) is 2. The molecule has 0 saturated heterocycles. The van der Waals surface area contributed by atoms with Gasteiger partial charge in [0, 0.05) is 25.0 Å². The molecule has 5 nitrogen and oxygen atoms in total. The first-order chi connectivity index (χ1) is 7.34. The molecule has 15 heavy (non-hydrogen) atoms. The zero-order chi connectivity index (χ0) is 10.9. The van der Waals surface area contributed by atoms with E-state index in [2.05, 4.69) is 15.0 Å². The van der Waals surface area contributed by atoms with E-state index in [9.17, 15) is 4.79 Å². The van der Waals surface area contributed by atoms with E-state index in [1.54, 1.807) is 11.8 Å². The van der Waals surface area contributed by atoms with Gasteiger partial charge in [-0.15, -0.1) is 0 Å². The van der Waals surface area contributed by atoms with Crippen LogP contribution in [0.2, 0.25) is 0 Å². The van der Waals surface area contributed by atoms with Crippen LogP contribution in [0.5, 0.6) is 0 Å². The smallest absolute Gasteiger partial charge is 0.273 e. The number of hydrogen-bond acceptors (Lipinski definition) is 5. The fraction of sp³-hybridized carbons (Fsp3) is 0.556. The normalized spacial score (nSPS) is 10.2. The number of amides is 1. The predicted molar refractivity (Wildman–Crippen MR) is 57.9 cm³/mol. The average molecular weight is 230 g/mol. The molecule has 1 aromatic heterocycles. The van der Waals surface area contributed by atoms with Crippen molar-refractivity contribution in [2.75, 3.05) is 24.7 Å². The zero-order valence-corrected chi connectivity index (χ0v) is 9.13. The van der Waals surface area contributed by atoms with Crippen molar-refractivity contribution in [1.29, 1.82) is 0 Å². The number of aliphatic hydroxyl groups is 1. The highest BCUT2D eigenvalue weighted by Crippen LogP contribution is 2.00. The van der Waals surface area contributed by atoms with Crippen LogP contribution in [0, 0.1) is 0 Å². The van der Waals surface area contributed by atoms with Crippen molar-refractivity contribution in [3.63, 3.8) is 0 Å². The van der Waals surface area contributed by atoms with Gasteiger partial charge in [0.05, 0.1) is 0 Å². The molecule has 0 bridgehead atoms. The number of aromatic nitrogens is 1. The van der Waals surface area contributed by atoms with Gasteiger partial charge >= 0.3 is 0 Å². The molecule has 0 saturated carbocycles. The summed E-state index contributed by atoms with van der Waals surface area (Å²) in [5, 5.41) is 14.8. The summed E-state index contributed by atoms with van der Waals surface area (Å²) in [6, 6.07) is 1.52. The summed E-state index contributed by atoms with van der Waals surface area (Å²) in [6.07, 6.45) is 2.16. The second-order valence-corrected chi connectivity index (χ2v) is 4.05. The molecule has 0 spiro atoms. The van der Waals surface area contributed by atoms with Crippen molar-refractivity contribution in [3.05, 3.63) is 18.0 Å². The highest BCUT2D eigenvalue weighted by atomic mass is 32.2. The molecule has 1 aromatic rings. The highest BCUT2D eigenvalue weighted by molar-refractivity contribution is 7.99. The van der Waals surface area contributed by atoms with Crippen molar-refractivity contribution in [3.8, 4) is 0 Å². The van der Waals surface area contributed by atoms with E-state index in [0.29, 0.717) is 12.2 Å². The van der Waals surface area contributed by atoms with Gasteiger partial charge in [-0.05, 0) is 12.2 Å². The van der Waals surface area contributed by atoms with Crippen molar-refractivity contribution >= 4 is 17.7 Å². The minimum Gasteiger partial charge on any atom is -0.396 e. The van der Waals surface area contributed by atoms with Crippen molar-refractivity contribution in [1.82, 2.24) is 10.5 Å². The van der Waals surface area contributed by atoms with E-state index >= 15 is 0 Å². The van der Waals surface area contributed by atoms with Gasteiger partial charge in [0.1, 0.15) is 6.26 Å². The largest absolute Gasteiger partial charge is 0.396 e. The zero-order valence-electron chi connectivity index (χ0n) is 8.31. The SMILES string of the molecule is O=C(NCCSCCCO)c1ccon1. The topological polar surface area (TPSA) is 75.4 Å². The monoisotopic (exact) mass is 230 g/mol. The minimum atomic E-state index is -0.216. The molecule has 0 aromatic carbocycles. The molecule has 1 amide bonds. The summed E-state index contributed by atoms with van der Waals surface area (Å²) in [4.78, 5) is 11.3. The first-order valence-electron chi connectivity index (χ1n) is 4.72. The molecule has 6 heteroatoms. The summed E-state index contributed by atoms with van der Waals surface area (Å²) in [5.74, 6) is 1.53. The first kappa shape index (κ1) is 12.1. The maximum atomic E-state index is 11.3. The molecule has 0 unspecified atom stereocenters. The molecule has 2 N–H and O–H groups in total. The first-order valence-corrected chi connectivity index (χ1v) is 5.87. The summed E-state index contributed by atoms with van der Waals surface area (Å²) in [6.45, 7) is 0.820. The molecule has 0 aliphatic heterocycles.